The van der Waals surface area contributed by atoms with E-state index >= 15 is 0 Å². The molecule has 1 heterocycles. The van der Waals surface area contributed by atoms with Crippen LogP contribution in [0, 0.1) is 21.8 Å². The summed E-state index contributed by atoms with van der Waals surface area (Å²) in [5, 5.41) is 13.7. The first kappa shape index (κ1) is 16.4. The number of rotatable bonds is 7. The summed E-state index contributed by atoms with van der Waals surface area (Å²) in [6, 6.07) is 5.73. The van der Waals surface area contributed by atoms with Crippen molar-refractivity contribution in [2.75, 3.05) is 11.9 Å². The molecule has 2 rings (SSSR count). The van der Waals surface area contributed by atoms with E-state index in [0.29, 0.717) is 6.42 Å². The van der Waals surface area contributed by atoms with Gasteiger partial charge in [-0.2, -0.15) is 0 Å². The zero-order valence-corrected chi connectivity index (χ0v) is 12.4. The highest BCUT2D eigenvalue weighted by Gasteiger charge is 2.22. The van der Waals surface area contributed by atoms with Crippen molar-refractivity contribution in [3.63, 3.8) is 0 Å². The Bertz CT molecular complexity index is 714. The van der Waals surface area contributed by atoms with Gasteiger partial charge in [0.1, 0.15) is 5.82 Å². The van der Waals surface area contributed by atoms with Crippen LogP contribution in [0.3, 0.4) is 0 Å². The molecule has 122 valence electrons. The van der Waals surface area contributed by atoms with E-state index < -0.39 is 16.7 Å². The molecule has 23 heavy (non-hydrogen) atoms. The number of nitro groups is 1. The second kappa shape index (κ2) is 6.86. The third-order valence-electron chi connectivity index (χ3n) is 3.40. The van der Waals surface area contributed by atoms with Gasteiger partial charge in [0.05, 0.1) is 5.92 Å². The maximum absolute atomic E-state index is 12.9. The summed E-state index contributed by atoms with van der Waals surface area (Å²) in [6.07, 6.45) is 1.61. The average Bonchev–Trinajstić information content (AvgIpc) is 2.86. The minimum Gasteiger partial charge on any atom is -0.369 e. The number of nitrogens with zero attached hydrogens (tertiary/aromatic N) is 3. The van der Waals surface area contributed by atoms with Crippen molar-refractivity contribution in [3.05, 3.63) is 52.1 Å². The van der Waals surface area contributed by atoms with E-state index in [1.54, 1.807) is 19.2 Å². The highest BCUT2D eigenvalue weighted by Crippen LogP contribution is 2.21. The van der Waals surface area contributed by atoms with Gasteiger partial charge in [0, 0.05) is 13.6 Å². The molecular weight excluding hydrogens is 305 g/mol. The molecule has 0 saturated heterocycles. The fourth-order valence-corrected chi connectivity index (χ4v) is 2.15. The average molecular weight is 321 g/mol. The molecule has 0 saturated carbocycles. The van der Waals surface area contributed by atoms with Crippen LogP contribution in [0.2, 0.25) is 0 Å². The third kappa shape index (κ3) is 4.02. The predicted octanol–water partition coefficient (Wildman–Crippen LogP) is 1.22. The molecule has 0 unspecified atom stereocenters. The van der Waals surface area contributed by atoms with Gasteiger partial charge in [0.25, 0.3) is 0 Å². The summed E-state index contributed by atoms with van der Waals surface area (Å²) >= 11 is 0. The molecule has 0 aliphatic rings. The molecule has 0 aliphatic carbocycles. The lowest BCUT2D eigenvalue weighted by atomic mass is 9.98. The molecule has 0 radical (unpaired) electrons. The second-order valence-corrected chi connectivity index (χ2v) is 5.10. The zero-order valence-electron chi connectivity index (χ0n) is 12.4. The van der Waals surface area contributed by atoms with E-state index in [-0.39, 0.29) is 24.0 Å². The number of nitrogens with one attached hydrogen (secondary N) is 1. The molecule has 0 bridgehead atoms. The number of imidazole rings is 1. The van der Waals surface area contributed by atoms with Crippen LogP contribution in [0.15, 0.2) is 30.6 Å². The summed E-state index contributed by atoms with van der Waals surface area (Å²) < 4.78 is 14.4. The van der Waals surface area contributed by atoms with E-state index in [2.05, 4.69) is 10.3 Å². The molecule has 0 aliphatic heterocycles. The van der Waals surface area contributed by atoms with Crippen LogP contribution < -0.4 is 11.1 Å². The number of nitrogens with two attached hydrogens (primary N) is 1. The van der Waals surface area contributed by atoms with Gasteiger partial charge in [-0.05, 0) is 34.0 Å². The van der Waals surface area contributed by atoms with Gasteiger partial charge in [-0.25, -0.2) is 4.39 Å². The van der Waals surface area contributed by atoms with Crippen molar-refractivity contribution in [3.8, 4) is 0 Å². The highest BCUT2D eigenvalue weighted by molar-refractivity contribution is 5.77. The van der Waals surface area contributed by atoms with Crippen LogP contribution in [0.5, 0.6) is 0 Å². The SMILES string of the molecule is Cn1cnc([N+](=O)[O-])c1NC[C@@H](Cc1ccc(F)cc1)C(N)=O. The van der Waals surface area contributed by atoms with Crippen molar-refractivity contribution in [1.29, 1.82) is 0 Å². The fraction of sp³-hybridized carbons (Fsp3) is 0.286. The van der Waals surface area contributed by atoms with Crippen molar-refractivity contribution in [1.82, 2.24) is 9.55 Å². The van der Waals surface area contributed by atoms with Crippen LogP contribution in [-0.4, -0.2) is 26.9 Å². The number of aromatic nitrogens is 2. The molecule has 3 N–H and O–H groups in total. The largest absolute Gasteiger partial charge is 0.406 e. The van der Waals surface area contributed by atoms with E-state index in [4.69, 9.17) is 5.73 Å². The monoisotopic (exact) mass is 321 g/mol. The Kier molecular flexibility index (Phi) is 4.89. The molecule has 1 atom stereocenters. The Balaban J connectivity index is 2.09. The number of primary amides is 1. The van der Waals surface area contributed by atoms with Gasteiger partial charge in [-0.15, -0.1) is 0 Å². The lowest BCUT2D eigenvalue weighted by Crippen LogP contribution is -2.31. The number of hydrogen-bond donors (Lipinski definition) is 2. The van der Waals surface area contributed by atoms with Gasteiger partial charge >= 0.3 is 5.82 Å². The normalized spacial score (nSPS) is 11.9. The Hall–Kier alpha value is -2.97. The Morgan fingerprint density at radius 3 is 2.70 bits per heavy atom. The molecule has 1 amide bonds. The number of halogens is 1. The summed E-state index contributed by atoms with van der Waals surface area (Å²) in [6.45, 7) is 0.104. The highest BCUT2D eigenvalue weighted by atomic mass is 19.1. The molecule has 1 aromatic carbocycles. The number of carbonyl (C=O) groups is 1. The summed E-state index contributed by atoms with van der Waals surface area (Å²) in [5.41, 5.74) is 6.13. The molecule has 0 spiro atoms. The molecular formula is C14H16FN5O3. The van der Waals surface area contributed by atoms with Gasteiger partial charge < -0.3 is 21.2 Å². The van der Waals surface area contributed by atoms with Crippen LogP contribution >= 0.6 is 0 Å². The number of aryl methyl sites for hydroxylation is 1. The van der Waals surface area contributed by atoms with E-state index in [0.717, 1.165) is 5.56 Å². The third-order valence-corrected chi connectivity index (χ3v) is 3.40. The molecule has 8 nitrogen and oxygen atoms in total. The van der Waals surface area contributed by atoms with Crippen molar-refractivity contribution < 1.29 is 14.1 Å². The first-order valence-electron chi connectivity index (χ1n) is 6.82. The number of benzene rings is 1. The lowest BCUT2D eigenvalue weighted by molar-refractivity contribution is -0.388. The molecule has 9 heteroatoms. The van der Waals surface area contributed by atoms with Gasteiger partial charge in [-0.3, -0.25) is 9.36 Å². The predicted molar refractivity (Wildman–Crippen MR) is 81.1 cm³/mol. The number of hydrogen-bond acceptors (Lipinski definition) is 5. The summed E-state index contributed by atoms with van der Waals surface area (Å²) in [7, 11) is 1.60. The van der Waals surface area contributed by atoms with Crippen LogP contribution in [0.1, 0.15) is 5.56 Å². The van der Waals surface area contributed by atoms with Gasteiger partial charge in [0.2, 0.25) is 18.1 Å². The first-order valence-corrected chi connectivity index (χ1v) is 6.82. The maximum Gasteiger partial charge on any atom is 0.406 e. The molecule has 1 aromatic heterocycles. The smallest absolute Gasteiger partial charge is 0.369 e. The van der Waals surface area contributed by atoms with E-state index in [9.17, 15) is 19.3 Å². The van der Waals surface area contributed by atoms with Crippen LogP contribution in [-0.2, 0) is 18.3 Å². The minimum atomic E-state index is -0.610. The lowest BCUT2D eigenvalue weighted by Gasteiger charge is -2.15. The van der Waals surface area contributed by atoms with E-state index in [1.807, 2.05) is 0 Å². The zero-order chi connectivity index (χ0) is 17.0. The van der Waals surface area contributed by atoms with Crippen molar-refractivity contribution >= 4 is 17.5 Å². The van der Waals surface area contributed by atoms with Gasteiger partial charge in [-0.1, -0.05) is 12.1 Å². The second-order valence-electron chi connectivity index (χ2n) is 5.10. The number of amides is 1. The Morgan fingerprint density at radius 1 is 1.48 bits per heavy atom. The topological polar surface area (TPSA) is 116 Å². The summed E-state index contributed by atoms with van der Waals surface area (Å²) in [5.74, 6) is -1.65. The van der Waals surface area contributed by atoms with Crippen molar-refractivity contribution in [2.24, 2.45) is 18.7 Å². The fourth-order valence-electron chi connectivity index (χ4n) is 2.15. The van der Waals surface area contributed by atoms with E-state index in [1.165, 1.54) is 23.0 Å². The van der Waals surface area contributed by atoms with Crippen LogP contribution in [0.25, 0.3) is 0 Å². The summed E-state index contributed by atoms with van der Waals surface area (Å²) in [4.78, 5) is 25.6. The standard InChI is InChI=1S/C14H16FN5O3/c1-19-8-18-14(20(22)23)13(19)17-7-10(12(16)21)6-9-2-4-11(15)5-3-9/h2-5,8,10,17H,6-7H2,1H3,(H2,16,21)/t10-/m1/s1. The Morgan fingerprint density at radius 2 is 2.13 bits per heavy atom. The van der Waals surface area contributed by atoms with Crippen molar-refractivity contribution in [2.45, 2.75) is 6.42 Å². The van der Waals surface area contributed by atoms with Gasteiger partial charge in [0.15, 0.2) is 0 Å². The molecule has 2 aromatic rings. The minimum absolute atomic E-state index is 0.104. The van der Waals surface area contributed by atoms with Crippen LogP contribution in [0.4, 0.5) is 16.0 Å². The number of anilines is 1. The first-order chi connectivity index (χ1) is 10.9. The maximum atomic E-state index is 12.9. The Labute approximate surface area is 131 Å². The number of carbonyl (C=O) groups excluding carboxylic acids is 1. The quantitative estimate of drug-likeness (QED) is 0.587. The molecule has 0 fully saturated rings.